The van der Waals surface area contributed by atoms with Gasteiger partial charge < -0.3 is 10.2 Å². The topological polar surface area (TPSA) is 40.5 Å². The lowest BCUT2D eigenvalue weighted by Gasteiger charge is -2.24. The summed E-state index contributed by atoms with van der Waals surface area (Å²) >= 11 is 0. The third kappa shape index (κ3) is 2.12. The maximum atomic E-state index is 9.48. The molecule has 0 aromatic carbocycles. The zero-order valence-electron chi connectivity index (χ0n) is 8.95. The van der Waals surface area contributed by atoms with Crippen LogP contribution in [0.2, 0.25) is 0 Å². The molecule has 2 aliphatic rings. The first-order valence-electron chi connectivity index (χ1n) is 5.86. The van der Waals surface area contributed by atoms with Crippen molar-refractivity contribution in [1.29, 1.82) is 0 Å². The Labute approximate surface area is 86.3 Å². The van der Waals surface area contributed by atoms with Crippen molar-refractivity contribution in [2.45, 2.75) is 57.7 Å². The molecule has 1 radical (unpaired) electrons. The van der Waals surface area contributed by atoms with E-state index in [1.165, 1.54) is 5.92 Å². The Bertz CT molecular complexity index is 173. The van der Waals surface area contributed by atoms with Crippen LogP contribution in [-0.2, 0) is 0 Å². The fraction of sp³-hybridized carbons (Fsp3) is 0.917. The Kier molecular flexibility index (Phi) is 3.13. The van der Waals surface area contributed by atoms with E-state index in [2.05, 4.69) is 6.92 Å². The molecule has 0 heterocycles. The summed E-state index contributed by atoms with van der Waals surface area (Å²) in [6.45, 7) is 2.23. The van der Waals surface area contributed by atoms with Crippen LogP contribution in [0.4, 0.5) is 0 Å². The van der Waals surface area contributed by atoms with Crippen molar-refractivity contribution >= 4 is 0 Å². The van der Waals surface area contributed by atoms with Gasteiger partial charge in [-0.25, -0.2) is 0 Å². The predicted octanol–water partition coefficient (Wildman–Crippen LogP) is 1.90. The smallest absolute Gasteiger partial charge is 0.0543 e. The van der Waals surface area contributed by atoms with Crippen LogP contribution in [0, 0.1) is 17.8 Å². The average molecular weight is 197 g/mol. The third-order valence-electron chi connectivity index (χ3n) is 4.10. The highest BCUT2D eigenvalue weighted by atomic mass is 16.3. The van der Waals surface area contributed by atoms with E-state index in [0.29, 0.717) is 11.8 Å². The van der Waals surface area contributed by atoms with Crippen molar-refractivity contribution < 1.29 is 10.2 Å². The Morgan fingerprint density at radius 1 is 0.857 bits per heavy atom. The van der Waals surface area contributed by atoms with E-state index in [1.807, 2.05) is 0 Å². The van der Waals surface area contributed by atoms with Gasteiger partial charge in [0.05, 0.1) is 12.2 Å². The molecule has 0 amide bonds. The largest absolute Gasteiger partial charge is 0.393 e. The fourth-order valence-corrected chi connectivity index (χ4v) is 3.08. The van der Waals surface area contributed by atoms with Crippen molar-refractivity contribution in [3.05, 3.63) is 5.92 Å². The minimum atomic E-state index is -0.0683. The van der Waals surface area contributed by atoms with Gasteiger partial charge in [-0.1, -0.05) is 6.92 Å². The lowest BCUT2D eigenvalue weighted by Crippen LogP contribution is -2.16. The van der Waals surface area contributed by atoms with E-state index in [1.54, 1.807) is 0 Å². The van der Waals surface area contributed by atoms with E-state index in [0.717, 1.165) is 38.5 Å². The molecule has 0 aromatic heterocycles. The first-order chi connectivity index (χ1) is 6.66. The maximum absolute atomic E-state index is 9.48. The van der Waals surface area contributed by atoms with Crippen molar-refractivity contribution in [2.24, 2.45) is 11.8 Å². The maximum Gasteiger partial charge on any atom is 0.0543 e. The summed E-state index contributed by atoms with van der Waals surface area (Å²) in [5.74, 6) is 2.79. The molecular formula is C12H21O2. The van der Waals surface area contributed by atoms with Gasteiger partial charge in [0.2, 0.25) is 0 Å². The van der Waals surface area contributed by atoms with Crippen LogP contribution in [0.3, 0.4) is 0 Å². The molecule has 4 unspecified atom stereocenters. The Balaban J connectivity index is 1.85. The number of hydrogen-bond donors (Lipinski definition) is 2. The third-order valence-corrected chi connectivity index (χ3v) is 4.10. The zero-order chi connectivity index (χ0) is 10.1. The van der Waals surface area contributed by atoms with E-state index in [9.17, 15) is 10.2 Å². The van der Waals surface area contributed by atoms with Gasteiger partial charge >= 0.3 is 0 Å². The molecule has 2 aliphatic carbocycles. The SMILES string of the molecule is C[C](C1CCC(O)C1)C1CCC(O)C1. The molecule has 0 aromatic rings. The Morgan fingerprint density at radius 3 is 1.57 bits per heavy atom. The lowest BCUT2D eigenvalue weighted by molar-refractivity contribution is 0.172. The van der Waals surface area contributed by atoms with Gasteiger partial charge in [0, 0.05) is 0 Å². The van der Waals surface area contributed by atoms with Crippen LogP contribution in [0.1, 0.15) is 45.4 Å². The minimum absolute atomic E-state index is 0.0683. The number of rotatable bonds is 2. The molecule has 0 saturated heterocycles. The number of hydrogen-bond acceptors (Lipinski definition) is 2. The first kappa shape index (κ1) is 10.4. The standard InChI is InChI=1S/C12H21O2/c1-8(9-2-4-11(13)6-9)10-3-5-12(14)7-10/h9-14H,2-7H2,1H3. The van der Waals surface area contributed by atoms with Crippen LogP contribution in [0.5, 0.6) is 0 Å². The number of aliphatic hydroxyl groups is 2. The van der Waals surface area contributed by atoms with E-state index < -0.39 is 0 Å². The molecule has 0 spiro atoms. The molecule has 2 rings (SSSR count). The molecule has 2 N–H and O–H groups in total. The van der Waals surface area contributed by atoms with Gasteiger partial charge in [-0.2, -0.15) is 0 Å². The van der Waals surface area contributed by atoms with Crippen LogP contribution < -0.4 is 0 Å². The van der Waals surface area contributed by atoms with Gasteiger partial charge in [0.15, 0.2) is 0 Å². The molecule has 4 atom stereocenters. The summed E-state index contributed by atoms with van der Waals surface area (Å²) in [5.41, 5.74) is 0. The molecule has 2 nitrogen and oxygen atoms in total. The second-order valence-electron chi connectivity index (χ2n) is 5.07. The summed E-state index contributed by atoms with van der Waals surface area (Å²) in [6, 6.07) is 0. The van der Waals surface area contributed by atoms with Crippen molar-refractivity contribution in [1.82, 2.24) is 0 Å². The molecular weight excluding hydrogens is 176 g/mol. The molecule has 2 fully saturated rings. The summed E-state index contributed by atoms with van der Waals surface area (Å²) in [6.07, 6.45) is 6.02. The molecule has 81 valence electrons. The monoisotopic (exact) mass is 197 g/mol. The van der Waals surface area contributed by atoms with Crippen LogP contribution in [0.25, 0.3) is 0 Å². The van der Waals surface area contributed by atoms with Crippen LogP contribution in [0.15, 0.2) is 0 Å². The van der Waals surface area contributed by atoms with E-state index >= 15 is 0 Å². The second kappa shape index (κ2) is 4.19. The van der Waals surface area contributed by atoms with Crippen LogP contribution in [-0.4, -0.2) is 22.4 Å². The highest BCUT2D eigenvalue weighted by Crippen LogP contribution is 2.42. The Hall–Kier alpha value is -0.0800. The molecule has 2 heteroatoms. The summed E-state index contributed by atoms with van der Waals surface area (Å²) in [7, 11) is 0. The van der Waals surface area contributed by atoms with E-state index in [4.69, 9.17) is 0 Å². The van der Waals surface area contributed by atoms with Gasteiger partial charge in [-0.3, -0.25) is 0 Å². The van der Waals surface area contributed by atoms with Crippen molar-refractivity contribution in [3.8, 4) is 0 Å². The molecule has 0 bridgehead atoms. The lowest BCUT2D eigenvalue weighted by atomic mass is 9.81. The zero-order valence-corrected chi connectivity index (χ0v) is 8.95. The average Bonchev–Trinajstić information content (AvgIpc) is 2.73. The molecule has 0 aliphatic heterocycles. The highest BCUT2D eigenvalue weighted by Gasteiger charge is 2.35. The summed E-state index contributed by atoms with van der Waals surface area (Å²) in [5, 5.41) is 19.0. The highest BCUT2D eigenvalue weighted by molar-refractivity contribution is 5.03. The Morgan fingerprint density at radius 2 is 1.29 bits per heavy atom. The first-order valence-corrected chi connectivity index (χ1v) is 5.86. The van der Waals surface area contributed by atoms with Gasteiger partial charge in [-0.05, 0) is 56.3 Å². The van der Waals surface area contributed by atoms with Crippen molar-refractivity contribution in [2.75, 3.05) is 0 Å². The predicted molar refractivity (Wildman–Crippen MR) is 55.6 cm³/mol. The van der Waals surface area contributed by atoms with Gasteiger partial charge in [0.1, 0.15) is 0 Å². The van der Waals surface area contributed by atoms with Gasteiger partial charge in [-0.15, -0.1) is 0 Å². The van der Waals surface area contributed by atoms with Crippen LogP contribution >= 0.6 is 0 Å². The minimum Gasteiger partial charge on any atom is -0.393 e. The van der Waals surface area contributed by atoms with Gasteiger partial charge in [0.25, 0.3) is 0 Å². The summed E-state index contributed by atoms with van der Waals surface area (Å²) in [4.78, 5) is 0. The quantitative estimate of drug-likeness (QED) is 0.710. The fourth-order valence-electron chi connectivity index (χ4n) is 3.08. The van der Waals surface area contributed by atoms with E-state index in [-0.39, 0.29) is 12.2 Å². The second-order valence-corrected chi connectivity index (χ2v) is 5.07. The number of aliphatic hydroxyl groups excluding tert-OH is 2. The normalized spacial score (nSPS) is 43.7. The summed E-state index contributed by atoms with van der Waals surface area (Å²) < 4.78 is 0. The molecule has 14 heavy (non-hydrogen) atoms. The molecule has 2 saturated carbocycles. The van der Waals surface area contributed by atoms with Crippen molar-refractivity contribution in [3.63, 3.8) is 0 Å².